The monoisotopic (exact) mass is 816 g/mol. The van der Waals surface area contributed by atoms with Crippen molar-refractivity contribution in [3.05, 3.63) is 121 Å². The molecule has 0 bridgehead atoms. The minimum atomic E-state index is -6.09. The molecule has 0 aliphatic carbocycles. The fourth-order valence-electron chi connectivity index (χ4n) is 3.63. The summed E-state index contributed by atoms with van der Waals surface area (Å²) < 4.78 is 118. The van der Waals surface area contributed by atoms with E-state index < -0.39 is 31.3 Å². The zero-order valence-electron chi connectivity index (χ0n) is 23.4. The van der Waals surface area contributed by atoms with Crippen molar-refractivity contribution in [3.63, 3.8) is 0 Å². The number of alkyl halides is 6. The third-order valence-corrected chi connectivity index (χ3v) is 11.9. The molecule has 0 amide bonds. The summed E-state index contributed by atoms with van der Waals surface area (Å²) in [5.74, 6) is 0. The molecule has 4 rings (SSSR count). The summed E-state index contributed by atoms with van der Waals surface area (Å²) in [6, 6.07) is 44.3. The summed E-state index contributed by atoms with van der Waals surface area (Å²) in [6.45, 7) is 0. The number of hydrogen-bond acceptors (Lipinski definition) is 6. The molecule has 0 heterocycles. The van der Waals surface area contributed by atoms with Crippen LogP contribution in [0, 0.1) is 0 Å². The van der Waals surface area contributed by atoms with Crippen molar-refractivity contribution in [2.45, 2.75) is 17.4 Å². The van der Waals surface area contributed by atoms with E-state index in [1.165, 1.54) is 40.0 Å². The maximum Gasteiger partial charge on any atom is 2.00 e. The van der Waals surface area contributed by atoms with Crippen LogP contribution in [0.25, 0.3) is 0 Å². The van der Waals surface area contributed by atoms with Gasteiger partial charge in [0.05, 0.1) is 0 Å². The molecule has 0 atom stereocenters. The Morgan fingerprint density at radius 1 is 0.457 bits per heavy atom. The van der Waals surface area contributed by atoms with Crippen LogP contribution < -0.4 is 21.2 Å². The molecule has 17 heteroatoms. The number of hydrogen-bond donors (Lipinski definition) is 0. The van der Waals surface area contributed by atoms with Gasteiger partial charge < -0.3 is 9.11 Å². The van der Waals surface area contributed by atoms with Gasteiger partial charge in [-0.1, -0.05) is 121 Å². The van der Waals surface area contributed by atoms with Crippen LogP contribution in [-0.2, 0) is 40.7 Å². The zero-order chi connectivity index (χ0) is 33.7. The van der Waals surface area contributed by atoms with Gasteiger partial charge in [-0.05, 0) is 55.8 Å². The maximum absolute atomic E-state index is 10.7. The Balaban J connectivity index is 0.000000518. The van der Waals surface area contributed by atoms with Crippen LogP contribution in [0.4, 0.5) is 26.3 Å². The molecule has 252 valence electrons. The van der Waals surface area contributed by atoms with Gasteiger partial charge >= 0.3 is 31.4 Å². The van der Waals surface area contributed by atoms with E-state index in [2.05, 4.69) is 121 Å². The van der Waals surface area contributed by atoms with Gasteiger partial charge in [0.2, 0.25) is 0 Å². The van der Waals surface area contributed by atoms with E-state index in [-0.39, 0.29) is 36.3 Å². The Hall–Kier alpha value is -2.20. The van der Waals surface area contributed by atoms with Gasteiger partial charge in [-0.15, -0.1) is 0 Å². The van der Waals surface area contributed by atoms with E-state index in [1.807, 2.05) is 0 Å². The Kier molecular flexibility index (Phi) is 17.2. The third-order valence-electron chi connectivity index (χ3n) is 5.60. The first-order valence-corrected chi connectivity index (χ1v) is 18.6. The van der Waals surface area contributed by atoms with Crippen molar-refractivity contribution in [2.75, 3.05) is 12.3 Å². The zero-order valence-corrected chi connectivity index (χ0v) is 28.4. The van der Waals surface area contributed by atoms with E-state index in [4.69, 9.17) is 25.9 Å². The molecule has 4 aromatic rings. The Labute approximate surface area is 279 Å². The second-order valence-electron chi connectivity index (χ2n) is 8.80. The molecule has 0 N–H and O–H groups in total. The summed E-state index contributed by atoms with van der Waals surface area (Å²) in [7, 11) is -12.8. The van der Waals surface area contributed by atoms with Crippen molar-refractivity contribution in [1.82, 2.24) is 0 Å². The first-order valence-electron chi connectivity index (χ1n) is 12.7. The minimum absolute atomic E-state index is 0. The van der Waals surface area contributed by atoms with Gasteiger partial charge in [-0.25, -0.2) is 16.8 Å². The van der Waals surface area contributed by atoms with Crippen molar-refractivity contribution in [3.8, 4) is 0 Å². The van der Waals surface area contributed by atoms with Crippen LogP contribution in [0.2, 0.25) is 0 Å². The fraction of sp³-hybridized carbons (Fsp3) is 0.172. The first-order chi connectivity index (χ1) is 20.9. The average molecular weight is 817 g/mol. The quantitative estimate of drug-likeness (QED) is 0.0737. The second kappa shape index (κ2) is 19.0. The molecule has 0 aliphatic heterocycles. The predicted molar refractivity (Wildman–Crippen MR) is 164 cm³/mol. The molecule has 0 radical (unpaired) electrons. The Bertz CT molecular complexity index is 1450. The molecule has 0 saturated heterocycles. The minimum Gasteiger partial charge on any atom is -0.741 e. The topological polar surface area (TPSA) is 114 Å². The third kappa shape index (κ3) is 14.3. The molecule has 0 aliphatic rings. The molecule has 0 spiro atoms. The van der Waals surface area contributed by atoms with Crippen molar-refractivity contribution >= 4 is 57.3 Å². The van der Waals surface area contributed by atoms with Crippen molar-refractivity contribution in [1.29, 1.82) is 0 Å². The first kappa shape index (κ1) is 41.8. The van der Waals surface area contributed by atoms with E-state index in [9.17, 15) is 26.3 Å². The van der Waals surface area contributed by atoms with Crippen LogP contribution >= 0.6 is 15.8 Å². The van der Waals surface area contributed by atoms with E-state index in [0.717, 1.165) is 0 Å². The van der Waals surface area contributed by atoms with Crippen LogP contribution in [0.15, 0.2) is 121 Å². The van der Waals surface area contributed by atoms with Gasteiger partial charge in [0.1, 0.15) is 0 Å². The Morgan fingerprint density at radius 2 is 0.630 bits per heavy atom. The summed E-state index contributed by atoms with van der Waals surface area (Å²) >= 11 is 0. The smallest absolute Gasteiger partial charge is 0.741 e. The molecule has 0 fully saturated rings. The van der Waals surface area contributed by atoms with Gasteiger partial charge in [0.15, 0.2) is 20.2 Å². The summed E-state index contributed by atoms with van der Waals surface area (Å²) in [4.78, 5) is 0. The largest absolute Gasteiger partial charge is 2.00 e. The van der Waals surface area contributed by atoms with E-state index >= 15 is 0 Å². The normalized spacial score (nSPS) is 11.9. The fourth-order valence-corrected chi connectivity index (χ4v) is 8.59. The molecule has 6 nitrogen and oxygen atoms in total. The molecule has 46 heavy (non-hydrogen) atoms. The van der Waals surface area contributed by atoms with Gasteiger partial charge in [-0.2, -0.15) is 26.3 Å². The van der Waals surface area contributed by atoms with Crippen LogP contribution in [-0.4, -0.2) is 49.3 Å². The molecule has 4 aromatic carbocycles. The molecule has 0 unspecified atom stereocenters. The van der Waals surface area contributed by atoms with E-state index in [0.29, 0.717) is 0 Å². The maximum atomic E-state index is 10.7. The standard InChI is InChI=1S/C27H26P2.2CHF3O3S.Pd/c1-5-14-24(15-6-1)28(25-16-7-2-8-17-25)22-13-23-29(26-18-9-3-10-19-26)27-20-11-4-12-21-27;2*2-1(3,4)8(5,6)7;/h1-12,14-21H,13,22-23H2;2*(H,5,6,7);/q;;;+2/p-2. The van der Waals surface area contributed by atoms with Gasteiger partial charge in [-0.3, -0.25) is 0 Å². The number of halogens is 6. The average Bonchev–Trinajstić information content (AvgIpc) is 2.98. The SMILES string of the molecule is O=S(=O)([O-])C(F)(F)F.O=S(=O)([O-])C(F)(F)F.[Pd+2].c1ccc(P(CCCP(c2ccccc2)c2ccccc2)c2ccccc2)cc1. The summed E-state index contributed by atoms with van der Waals surface area (Å²) in [5, 5.41) is 5.94. The number of benzene rings is 4. The van der Waals surface area contributed by atoms with Crippen molar-refractivity contribution < 1.29 is 72.7 Å². The van der Waals surface area contributed by atoms with Gasteiger partial charge in [0, 0.05) is 0 Å². The molecular weight excluding hydrogens is 791 g/mol. The predicted octanol–water partition coefficient (Wildman–Crippen LogP) is 5.74. The van der Waals surface area contributed by atoms with Crippen LogP contribution in [0.1, 0.15) is 6.42 Å². The van der Waals surface area contributed by atoms with Gasteiger partial charge in [0.25, 0.3) is 0 Å². The Morgan fingerprint density at radius 3 is 0.783 bits per heavy atom. The number of rotatable bonds is 8. The second-order valence-corrected chi connectivity index (χ2v) is 16.2. The van der Waals surface area contributed by atoms with E-state index in [1.54, 1.807) is 0 Å². The van der Waals surface area contributed by atoms with Crippen LogP contribution in [0.3, 0.4) is 0 Å². The summed E-state index contributed by atoms with van der Waals surface area (Å²) in [6.07, 6.45) is 3.72. The molecular formula is C29H26F6O6P2PdS2. The molecule has 0 saturated carbocycles. The van der Waals surface area contributed by atoms with Crippen molar-refractivity contribution in [2.24, 2.45) is 0 Å². The molecule has 0 aromatic heterocycles. The summed E-state index contributed by atoms with van der Waals surface area (Å²) in [5.41, 5.74) is -11.3. The van der Waals surface area contributed by atoms with Crippen LogP contribution in [0.5, 0.6) is 0 Å².